The van der Waals surface area contributed by atoms with E-state index in [4.69, 9.17) is 9.47 Å². The van der Waals surface area contributed by atoms with Crippen molar-refractivity contribution in [2.75, 3.05) is 19.0 Å². The first-order chi connectivity index (χ1) is 15.1. The number of para-hydroxylation sites is 1. The van der Waals surface area contributed by atoms with Gasteiger partial charge in [-0.2, -0.15) is 0 Å². The van der Waals surface area contributed by atoms with Gasteiger partial charge in [0, 0.05) is 14.9 Å². The fourth-order valence-electron chi connectivity index (χ4n) is 3.41. The molecule has 3 rings (SSSR count). The Bertz CT molecular complexity index is 1130. The molecule has 0 radical (unpaired) electrons. The molecule has 3 aromatic rings. The van der Waals surface area contributed by atoms with Crippen LogP contribution in [0.15, 0.2) is 53.0 Å². The Balaban J connectivity index is 1.85. The van der Waals surface area contributed by atoms with Crippen molar-refractivity contribution in [1.82, 2.24) is 0 Å². The number of hydrogen-bond donors (Lipinski definition) is 1. The number of thiophene rings is 1. The largest absolute Gasteiger partial charge is 0.483 e. The molecule has 0 unspecified atom stereocenters. The molecular weight excluding hydrogens is 490 g/mol. The second-order valence-corrected chi connectivity index (χ2v) is 10.5. The van der Waals surface area contributed by atoms with Gasteiger partial charge in [0.25, 0.3) is 5.91 Å². The van der Waals surface area contributed by atoms with Crippen LogP contribution in [0.1, 0.15) is 41.6 Å². The van der Waals surface area contributed by atoms with Crippen molar-refractivity contribution in [2.45, 2.75) is 33.1 Å². The summed E-state index contributed by atoms with van der Waals surface area (Å²) in [4.78, 5) is 26.2. The molecule has 0 saturated carbocycles. The highest BCUT2D eigenvalue weighted by Gasteiger charge is 2.25. The number of methoxy groups -OCH3 is 1. The van der Waals surface area contributed by atoms with Gasteiger partial charge < -0.3 is 14.8 Å². The summed E-state index contributed by atoms with van der Waals surface area (Å²) in [6.07, 6.45) is 0. The van der Waals surface area contributed by atoms with Gasteiger partial charge in [-0.15, -0.1) is 11.3 Å². The van der Waals surface area contributed by atoms with Gasteiger partial charge in [0.2, 0.25) is 0 Å². The topological polar surface area (TPSA) is 64.6 Å². The molecule has 0 bridgehead atoms. The van der Waals surface area contributed by atoms with Gasteiger partial charge in [0.15, 0.2) is 6.61 Å². The predicted octanol–water partition coefficient (Wildman–Crippen LogP) is 6.59. The van der Waals surface area contributed by atoms with Crippen LogP contribution in [-0.4, -0.2) is 25.6 Å². The number of anilines is 1. The van der Waals surface area contributed by atoms with E-state index in [-0.39, 0.29) is 17.9 Å². The molecule has 0 saturated heterocycles. The maximum Gasteiger partial charge on any atom is 0.341 e. The van der Waals surface area contributed by atoms with E-state index in [1.54, 1.807) is 0 Å². The average Bonchev–Trinajstić information content (AvgIpc) is 3.07. The Morgan fingerprint density at radius 1 is 1.06 bits per heavy atom. The molecule has 1 aromatic heterocycles. The minimum absolute atomic E-state index is 0.116. The van der Waals surface area contributed by atoms with Crippen LogP contribution >= 0.6 is 27.3 Å². The Hall–Kier alpha value is -2.64. The van der Waals surface area contributed by atoms with Crippen LogP contribution in [-0.2, 0) is 14.9 Å². The number of benzene rings is 2. The van der Waals surface area contributed by atoms with Crippen molar-refractivity contribution in [3.05, 3.63) is 69.0 Å². The van der Waals surface area contributed by atoms with E-state index >= 15 is 0 Å². The van der Waals surface area contributed by atoms with Gasteiger partial charge >= 0.3 is 5.97 Å². The highest BCUT2D eigenvalue weighted by atomic mass is 79.9. The lowest BCUT2D eigenvalue weighted by atomic mass is 9.86. The Morgan fingerprint density at radius 3 is 2.34 bits per heavy atom. The number of rotatable bonds is 6. The molecule has 1 N–H and O–H groups in total. The van der Waals surface area contributed by atoms with Crippen LogP contribution in [0.25, 0.3) is 11.1 Å². The molecule has 168 valence electrons. The Morgan fingerprint density at radius 2 is 1.72 bits per heavy atom. The summed E-state index contributed by atoms with van der Waals surface area (Å²) in [5.41, 5.74) is 2.88. The Kier molecular flexibility index (Phi) is 7.41. The van der Waals surface area contributed by atoms with Crippen molar-refractivity contribution in [3.63, 3.8) is 0 Å². The molecule has 1 amide bonds. The van der Waals surface area contributed by atoms with Crippen LogP contribution in [0, 0.1) is 6.92 Å². The zero-order valence-corrected chi connectivity index (χ0v) is 21.1. The highest BCUT2D eigenvalue weighted by molar-refractivity contribution is 9.10. The SMILES string of the molecule is COC(=O)c1c(NC(=O)COc2ccccc2C(C)(C)C)sc(C)c1-c1ccc(Br)cc1. The number of esters is 1. The van der Waals surface area contributed by atoms with Gasteiger partial charge in [-0.25, -0.2) is 4.79 Å². The number of nitrogens with one attached hydrogen (secondary N) is 1. The zero-order valence-electron chi connectivity index (χ0n) is 18.7. The zero-order chi connectivity index (χ0) is 23.5. The molecular formula is C25H26BrNO4S. The van der Waals surface area contributed by atoms with E-state index in [1.165, 1.54) is 18.4 Å². The van der Waals surface area contributed by atoms with E-state index in [0.717, 1.165) is 26.0 Å². The number of carbonyl (C=O) groups is 2. The lowest BCUT2D eigenvalue weighted by Crippen LogP contribution is -2.22. The molecule has 0 aliphatic heterocycles. The van der Waals surface area contributed by atoms with Gasteiger partial charge in [0.1, 0.15) is 16.3 Å². The molecule has 7 heteroatoms. The van der Waals surface area contributed by atoms with Crippen LogP contribution < -0.4 is 10.1 Å². The number of carbonyl (C=O) groups excluding carboxylic acids is 2. The lowest BCUT2D eigenvalue weighted by molar-refractivity contribution is -0.118. The van der Waals surface area contributed by atoms with Gasteiger partial charge in [0.05, 0.1) is 7.11 Å². The number of halogens is 1. The van der Waals surface area contributed by atoms with Gasteiger partial charge in [-0.3, -0.25) is 4.79 Å². The fraction of sp³-hybridized carbons (Fsp3) is 0.280. The van der Waals surface area contributed by atoms with Crippen molar-refractivity contribution >= 4 is 44.1 Å². The monoisotopic (exact) mass is 515 g/mol. The first-order valence-corrected chi connectivity index (χ1v) is 11.7. The summed E-state index contributed by atoms with van der Waals surface area (Å²) in [5.74, 6) is -0.176. The third-order valence-electron chi connectivity index (χ3n) is 4.91. The number of hydrogen-bond acceptors (Lipinski definition) is 5. The minimum atomic E-state index is -0.499. The number of ether oxygens (including phenoxy) is 2. The summed E-state index contributed by atoms with van der Waals surface area (Å²) < 4.78 is 11.8. The van der Waals surface area contributed by atoms with Crippen molar-refractivity contribution in [3.8, 4) is 16.9 Å². The third-order valence-corrected chi connectivity index (χ3v) is 6.46. The molecule has 2 aromatic carbocycles. The van der Waals surface area contributed by atoms with E-state index < -0.39 is 5.97 Å². The molecule has 32 heavy (non-hydrogen) atoms. The first kappa shape index (κ1) is 24.0. The second-order valence-electron chi connectivity index (χ2n) is 8.32. The molecule has 0 atom stereocenters. The van der Waals surface area contributed by atoms with Crippen molar-refractivity contribution < 1.29 is 19.1 Å². The summed E-state index contributed by atoms with van der Waals surface area (Å²) in [6, 6.07) is 15.3. The van der Waals surface area contributed by atoms with Crippen LogP contribution in [0.5, 0.6) is 5.75 Å². The summed E-state index contributed by atoms with van der Waals surface area (Å²) >= 11 is 4.77. The molecule has 0 fully saturated rings. The van der Waals surface area contributed by atoms with Crippen molar-refractivity contribution in [1.29, 1.82) is 0 Å². The second kappa shape index (κ2) is 9.88. The highest BCUT2D eigenvalue weighted by Crippen LogP contribution is 2.40. The number of amides is 1. The van der Waals surface area contributed by atoms with Crippen molar-refractivity contribution in [2.24, 2.45) is 0 Å². The standard InChI is InChI=1S/C25H26BrNO4S/c1-15-21(16-10-12-17(26)13-11-16)22(24(29)30-5)23(32-15)27-20(28)14-31-19-9-7-6-8-18(19)25(2,3)4/h6-13H,14H2,1-5H3,(H,27,28). The predicted molar refractivity (Wildman–Crippen MR) is 133 cm³/mol. The third kappa shape index (κ3) is 5.40. The first-order valence-electron chi connectivity index (χ1n) is 10.1. The molecule has 0 aliphatic rings. The summed E-state index contributed by atoms with van der Waals surface area (Å²) in [5, 5.41) is 3.29. The number of aryl methyl sites for hydroxylation is 1. The molecule has 0 spiro atoms. The van der Waals surface area contributed by atoms with Crippen LogP contribution in [0.4, 0.5) is 5.00 Å². The van der Waals surface area contributed by atoms with Gasteiger partial charge in [-0.05, 0) is 41.7 Å². The lowest BCUT2D eigenvalue weighted by Gasteiger charge is -2.22. The van der Waals surface area contributed by atoms with E-state index in [9.17, 15) is 9.59 Å². The minimum Gasteiger partial charge on any atom is -0.483 e. The maximum absolute atomic E-state index is 12.7. The molecule has 1 heterocycles. The van der Waals surface area contributed by atoms with E-state index in [2.05, 4.69) is 42.0 Å². The summed E-state index contributed by atoms with van der Waals surface area (Å²) in [7, 11) is 1.33. The molecule has 5 nitrogen and oxygen atoms in total. The van der Waals surface area contributed by atoms with Crippen LogP contribution in [0.3, 0.4) is 0 Å². The summed E-state index contributed by atoms with van der Waals surface area (Å²) in [6.45, 7) is 8.03. The Labute approximate surface area is 200 Å². The normalized spacial score (nSPS) is 11.2. The fourth-order valence-corrected chi connectivity index (χ4v) is 4.76. The average molecular weight is 516 g/mol. The van der Waals surface area contributed by atoms with Crippen LogP contribution in [0.2, 0.25) is 0 Å². The van der Waals surface area contributed by atoms with Gasteiger partial charge in [-0.1, -0.05) is 67.0 Å². The van der Waals surface area contributed by atoms with E-state index in [0.29, 0.717) is 16.3 Å². The smallest absolute Gasteiger partial charge is 0.341 e. The maximum atomic E-state index is 12.7. The van der Waals surface area contributed by atoms with E-state index in [1.807, 2.05) is 55.5 Å². The quantitative estimate of drug-likeness (QED) is 0.376. The molecule has 0 aliphatic carbocycles.